The number of carbonyl (C=O) groups excluding carboxylic acids is 2. The van der Waals surface area contributed by atoms with Crippen molar-refractivity contribution in [1.82, 2.24) is 4.98 Å². The first-order valence-corrected chi connectivity index (χ1v) is 12.4. The normalized spacial score (nSPS) is 10.5. The summed E-state index contributed by atoms with van der Waals surface area (Å²) < 4.78 is 5.11. The number of aryl methyl sites for hydroxylation is 1. The molecule has 0 aliphatic carbocycles. The second-order valence-electron chi connectivity index (χ2n) is 7.45. The number of rotatable bonds is 8. The monoisotopic (exact) mass is 489 g/mol. The lowest BCUT2D eigenvalue weighted by atomic mass is 10.1. The SMILES string of the molecule is COc1ccc(C(=O)Nc2ccc(SCC(=O)Nc3nc(-c4ccc(C)cc4)cs3)cc2)cc1. The van der Waals surface area contributed by atoms with Crippen LogP contribution in [0.3, 0.4) is 0 Å². The fourth-order valence-electron chi connectivity index (χ4n) is 3.07. The van der Waals surface area contributed by atoms with Crippen molar-refractivity contribution in [2.24, 2.45) is 0 Å². The first-order valence-electron chi connectivity index (χ1n) is 10.5. The van der Waals surface area contributed by atoms with Crippen LogP contribution in [0.5, 0.6) is 5.75 Å². The van der Waals surface area contributed by atoms with Crippen LogP contribution in [0.1, 0.15) is 15.9 Å². The fraction of sp³-hybridized carbons (Fsp3) is 0.115. The summed E-state index contributed by atoms with van der Waals surface area (Å²) in [6.45, 7) is 2.04. The van der Waals surface area contributed by atoms with E-state index in [1.54, 1.807) is 31.4 Å². The number of carbonyl (C=O) groups is 2. The molecule has 1 aromatic heterocycles. The lowest BCUT2D eigenvalue weighted by Gasteiger charge is -2.07. The summed E-state index contributed by atoms with van der Waals surface area (Å²) >= 11 is 2.83. The smallest absolute Gasteiger partial charge is 0.255 e. The van der Waals surface area contributed by atoms with Gasteiger partial charge in [0.15, 0.2) is 5.13 Å². The summed E-state index contributed by atoms with van der Waals surface area (Å²) in [7, 11) is 1.58. The van der Waals surface area contributed by atoms with Crippen molar-refractivity contribution >= 4 is 45.7 Å². The quantitative estimate of drug-likeness (QED) is 0.292. The molecule has 0 saturated heterocycles. The lowest BCUT2D eigenvalue weighted by molar-refractivity contribution is -0.113. The minimum absolute atomic E-state index is 0.119. The summed E-state index contributed by atoms with van der Waals surface area (Å²) in [6, 6.07) is 22.4. The highest BCUT2D eigenvalue weighted by molar-refractivity contribution is 8.00. The number of nitrogens with one attached hydrogen (secondary N) is 2. The molecule has 4 rings (SSSR count). The first kappa shape index (κ1) is 23.5. The number of amides is 2. The molecule has 0 radical (unpaired) electrons. The molecule has 172 valence electrons. The van der Waals surface area contributed by atoms with Crippen LogP contribution >= 0.6 is 23.1 Å². The van der Waals surface area contributed by atoms with Gasteiger partial charge in [-0.1, -0.05) is 29.8 Å². The van der Waals surface area contributed by atoms with E-state index in [1.807, 2.05) is 60.8 Å². The van der Waals surface area contributed by atoms with Crippen molar-refractivity contribution in [2.75, 3.05) is 23.5 Å². The van der Waals surface area contributed by atoms with Gasteiger partial charge < -0.3 is 15.4 Å². The van der Waals surface area contributed by atoms with Gasteiger partial charge in [-0.05, 0) is 55.5 Å². The number of anilines is 2. The van der Waals surface area contributed by atoms with E-state index >= 15 is 0 Å². The van der Waals surface area contributed by atoms with E-state index < -0.39 is 0 Å². The van der Waals surface area contributed by atoms with Gasteiger partial charge in [0.2, 0.25) is 5.91 Å². The number of hydrogen-bond acceptors (Lipinski definition) is 6. The molecular formula is C26H23N3O3S2. The molecule has 0 aliphatic heterocycles. The Morgan fingerprint density at radius 2 is 1.65 bits per heavy atom. The predicted octanol–water partition coefficient (Wildman–Crippen LogP) is 6.11. The summed E-state index contributed by atoms with van der Waals surface area (Å²) in [5.41, 5.74) is 4.29. The van der Waals surface area contributed by atoms with Gasteiger partial charge in [-0.2, -0.15) is 0 Å². The summed E-state index contributed by atoms with van der Waals surface area (Å²) in [4.78, 5) is 30.2. The van der Waals surface area contributed by atoms with Crippen LogP contribution in [0.15, 0.2) is 83.1 Å². The Balaban J connectivity index is 1.26. The van der Waals surface area contributed by atoms with Crippen LogP contribution in [0, 0.1) is 6.92 Å². The van der Waals surface area contributed by atoms with Crippen molar-refractivity contribution in [3.05, 3.63) is 89.3 Å². The third kappa shape index (κ3) is 6.24. The molecule has 0 spiro atoms. The third-order valence-corrected chi connectivity index (χ3v) is 6.70. The van der Waals surface area contributed by atoms with Gasteiger partial charge in [-0.3, -0.25) is 9.59 Å². The molecule has 0 fully saturated rings. The van der Waals surface area contributed by atoms with Gasteiger partial charge in [0.1, 0.15) is 5.75 Å². The highest BCUT2D eigenvalue weighted by Gasteiger charge is 2.10. The Labute approximate surface area is 206 Å². The summed E-state index contributed by atoms with van der Waals surface area (Å²) in [5, 5.41) is 8.24. The molecule has 0 aliphatic rings. The average Bonchev–Trinajstić information content (AvgIpc) is 3.32. The minimum Gasteiger partial charge on any atom is -0.497 e. The molecule has 0 atom stereocenters. The maximum Gasteiger partial charge on any atom is 0.255 e. The van der Waals surface area contributed by atoms with Gasteiger partial charge in [-0.25, -0.2) is 4.98 Å². The minimum atomic E-state index is -0.198. The molecule has 34 heavy (non-hydrogen) atoms. The van der Waals surface area contributed by atoms with Crippen LogP contribution in [-0.4, -0.2) is 29.7 Å². The van der Waals surface area contributed by atoms with Crippen molar-refractivity contribution in [3.8, 4) is 17.0 Å². The Morgan fingerprint density at radius 1 is 0.941 bits per heavy atom. The number of hydrogen-bond donors (Lipinski definition) is 2. The molecular weight excluding hydrogens is 466 g/mol. The molecule has 6 nitrogen and oxygen atoms in total. The van der Waals surface area contributed by atoms with E-state index in [4.69, 9.17) is 4.74 Å². The van der Waals surface area contributed by atoms with E-state index in [1.165, 1.54) is 28.7 Å². The van der Waals surface area contributed by atoms with E-state index in [2.05, 4.69) is 15.6 Å². The number of aromatic nitrogens is 1. The van der Waals surface area contributed by atoms with Crippen LogP contribution < -0.4 is 15.4 Å². The largest absolute Gasteiger partial charge is 0.497 e. The van der Waals surface area contributed by atoms with Gasteiger partial charge in [0.25, 0.3) is 5.91 Å². The van der Waals surface area contributed by atoms with Crippen LogP contribution in [0.4, 0.5) is 10.8 Å². The molecule has 2 amide bonds. The molecule has 0 bridgehead atoms. The average molecular weight is 490 g/mol. The lowest BCUT2D eigenvalue weighted by Crippen LogP contribution is -2.13. The maximum atomic E-state index is 12.4. The van der Waals surface area contributed by atoms with E-state index in [9.17, 15) is 9.59 Å². The molecule has 0 unspecified atom stereocenters. The van der Waals surface area contributed by atoms with E-state index in [-0.39, 0.29) is 17.6 Å². The summed E-state index contributed by atoms with van der Waals surface area (Å²) in [6.07, 6.45) is 0. The summed E-state index contributed by atoms with van der Waals surface area (Å²) in [5.74, 6) is 0.642. The van der Waals surface area contributed by atoms with Gasteiger partial charge in [0.05, 0.1) is 18.6 Å². The zero-order chi connectivity index (χ0) is 23.9. The van der Waals surface area contributed by atoms with Crippen LogP contribution in [-0.2, 0) is 4.79 Å². The molecule has 2 N–H and O–H groups in total. The van der Waals surface area contributed by atoms with E-state index in [0.717, 1.165) is 16.2 Å². The van der Waals surface area contributed by atoms with Crippen LogP contribution in [0.2, 0.25) is 0 Å². The maximum absolute atomic E-state index is 12.4. The Bertz CT molecular complexity index is 1270. The second kappa shape index (κ2) is 11.0. The Kier molecular flexibility index (Phi) is 7.61. The van der Waals surface area contributed by atoms with E-state index in [0.29, 0.717) is 22.1 Å². The van der Waals surface area contributed by atoms with Gasteiger partial charge in [-0.15, -0.1) is 23.1 Å². The number of nitrogens with zero attached hydrogens (tertiary/aromatic N) is 1. The third-order valence-electron chi connectivity index (χ3n) is 4.93. The topological polar surface area (TPSA) is 80.3 Å². The number of benzene rings is 3. The Morgan fingerprint density at radius 3 is 2.32 bits per heavy atom. The van der Waals surface area contributed by atoms with Crippen molar-refractivity contribution in [1.29, 1.82) is 0 Å². The van der Waals surface area contributed by atoms with Gasteiger partial charge >= 0.3 is 0 Å². The standard InChI is InChI=1S/C26H23N3O3S2/c1-17-3-5-18(6-4-17)23-15-34-26(28-23)29-24(30)16-33-22-13-9-20(10-14-22)27-25(31)19-7-11-21(32-2)12-8-19/h3-15H,16H2,1-2H3,(H,27,31)(H,28,29,30). The zero-order valence-corrected chi connectivity index (χ0v) is 20.3. The molecule has 0 saturated carbocycles. The number of thioether (sulfide) groups is 1. The highest BCUT2D eigenvalue weighted by Crippen LogP contribution is 2.26. The highest BCUT2D eigenvalue weighted by atomic mass is 32.2. The predicted molar refractivity (Wildman–Crippen MR) is 139 cm³/mol. The number of thiazole rings is 1. The number of ether oxygens (including phenoxy) is 1. The van der Waals surface area contributed by atoms with Crippen molar-refractivity contribution in [2.45, 2.75) is 11.8 Å². The number of methoxy groups -OCH3 is 1. The van der Waals surface area contributed by atoms with Crippen molar-refractivity contribution in [3.63, 3.8) is 0 Å². The fourth-order valence-corrected chi connectivity index (χ4v) is 4.51. The zero-order valence-electron chi connectivity index (χ0n) is 18.7. The molecule has 4 aromatic rings. The molecule has 8 heteroatoms. The van der Waals surface area contributed by atoms with Gasteiger partial charge in [0, 0.05) is 27.1 Å². The first-order chi connectivity index (χ1) is 16.5. The second-order valence-corrected chi connectivity index (χ2v) is 9.35. The molecule has 3 aromatic carbocycles. The Hall–Kier alpha value is -3.62. The van der Waals surface area contributed by atoms with Crippen molar-refractivity contribution < 1.29 is 14.3 Å². The van der Waals surface area contributed by atoms with Crippen LogP contribution in [0.25, 0.3) is 11.3 Å². The molecule has 1 heterocycles.